The number of amides is 1. The zero-order valence-corrected chi connectivity index (χ0v) is 14.3. The molecule has 132 valence electrons. The molecular weight excluding hydrogens is 306 g/mol. The first kappa shape index (κ1) is 17.1. The second-order valence-electron chi connectivity index (χ2n) is 7.09. The number of rotatable bonds is 6. The average Bonchev–Trinajstić information content (AvgIpc) is 3.24. The standard InChI is InChI=1S/C17H27N5O2/c1-21(14-4-2-3-5-14)11-16(23)20-12-17(24)6-9-22(13-17)15-10-18-7-8-19-15/h7-8,10,14,24H,2-6,9,11-13H2,1H3,(H,20,23). The van der Waals surface area contributed by atoms with Crippen LogP contribution in [0.25, 0.3) is 0 Å². The number of carbonyl (C=O) groups is 1. The number of nitrogens with one attached hydrogen (secondary N) is 1. The largest absolute Gasteiger partial charge is 0.386 e. The molecule has 7 heteroatoms. The van der Waals surface area contributed by atoms with Crippen LogP contribution < -0.4 is 10.2 Å². The molecule has 2 aliphatic rings. The molecule has 1 unspecified atom stereocenters. The summed E-state index contributed by atoms with van der Waals surface area (Å²) in [6.45, 7) is 1.85. The van der Waals surface area contributed by atoms with Crippen molar-refractivity contribution in [2.24, 2.45) is 0 Å². The highest BCUT2D eigenvalue weighted by Gasteiger charge is 2.37. The number of β-amino-alcohol motifs (C(OH)–C–C–N with tert-alkyl or cyclic N) is 1. The summed E-state index contributed by atoms with van der Waals surface area (Å²) in [5.41, 5.74) is -0.904. The fraction of sp³-hybridized carbons (Fsp3) is 0.706. The van der Waals surface area contributed by atoms with Crippen molar-refractivity contribution >= 4 is 11.7 Å². The third-order valence-corrected chi connectivity index (χ3v) is 5.16. The number of hydrogen-bond acceptors (Lipinski definition) is 6. The molecule has 1 atom stereocenters. The van der Waals surface area contributed by atoms with E-state index in [1.165, 1.54) is 25.7 Å². The lowest BCUT2D eigenvalue weighted by Gasteiger charge is -2.26. The van der Waals surface area contributed by atoms with Crippen molar-refractivity contribution in [3.05, 3.63) is 18.6 Å². The number of carbonyl (C=O) groups excluding carboxylic acids is 1. The fourth-order valence-electron chi connectivity index (χ4n) is 3.67. The van der Waals surface area contributed by atoms with Crippen LogP contribution >= 0.6 is 0 Å². The molecule has 0 bridgehead atoms. The van der Waals surface area contributed by atoms with Gasteiger partial charge in [0.2, 0.25) is 5.91 Å². The Bertz CT molecular complexity index is 549. The Kier molecular flexibility index (Phi) is 5.30. The number of anilines is 1. The maximum Gasteiger partial charge on any atom is 0.234 e. The minimum atomic E-state index is -0.904. The van der Waals surface area contributed by atoms with Crippen LogP contribution in [0.4, 0.5) is 5.82 Å². The third-order valence-electron chi connectivity index (χ3n) is 5.16. The SMILES string of the molecule is CN(CC(=O)NCC1(O)CCN(c2cnccn2)C1)C1CCCC1. The molecule has 1 aromatic heterocycles. The molecular formula is C17H27N5O2. The lowest BCUT2D eigenvalue weighted by molar-refractivity contribution is -0.123. The summed E-state index contributed by atoms with van der Waals surface area (Å²) in [5.74, 6) is 0.747. The molecule has 7 nitrogen and oxygen atoms in total. The molecule has 1 saturated carbocycles. The highest BCUT2D eigenvalue weighted by Crippen LogP contribution is 2.24. The van der Waals surface area contributed by atoms with E-state index in [4.69, 9.17) is 0 Å². The van der Waals surface area contributed by atoms with Crippen molar-refractivity contribution in [3.63, 3.8) is 0 Å². The van der Waals surface area contributed by atoms with Gasteiger partial charge in [-0.3, -0.25) is 14.7 Å². The second kappa shape index (κ2) is 7.44. The molecule has 1 amide bonds. The molecule has 1 aromatic rings. The molecule has 1 saturated heterocycles. The van der Waals surface area contributed by atoms with Gasteiger partial charge < -0.3 is 15.3 Å². The van der Waals surface area contributed by atoms with Crippen molar-refractivity contribution in [2.75, 3.05) is 38.1 Å². The smallest absolute Gasteiger partial charge is 0.234 e. The van der Waals surface area contributed by atoms with Crippen LogP contribution in [-0.4, -0.2) is 70.8 Å². The van der Waals surface area contributed by atoms with Gasteiger partial charge >= 0.3 is 0 Å². The minimum Gasteiger partial charge on any atom is -0.386 e. The van der Waals surface area contributed by atoms with Gasteiger partial charge in [0.05, 0.1) is 12.7 Å². The number of aliphatic hydroxyl groups is 1. The Morgan fingerprint density at radius 3 is 2.96 bits per heavy atom. The van der Waals surface area contributed by atoms with Gasteiger partial charge in [0, 0.05) is 38.1 Å². The van der Waals surface area contributed by atoms with Gasteiger partial charge in [-0.15, -0.1) is 0 Å². The lowest BCUT2D eigenvalue weighted by atomic mass is 10.0. The predicted octanol–water partition coefficient (Wildman–Crippen LogP) is 0.408. The van der Waals surface area contributed by atoms with Gasteiger partial charge in [0.25, 0.3) is 0 Å². The van der Waals surface area contributed by atoms with Crippen LogP contribution in [-0.2, 0) is 4.79 Å². The van der Waals surface area contributed by atoms with E-state index in [9.17, 15) is 9.90 Å². The Hall–Kier alpha value is -1.73. The van der Waals surface area contributed by atoms with Crippen LogP contribution in [0.2, 0.25) is 0 Å². The van der Waals surface area contributed by atoms with Gasteiger partial charge in [-0.2, -0.15) is 0 Å². The molecule has 24 heavy (non-hydrogen) atoms. The summed E-state index contributed by atoms with van der Waals surface area (Å²) in [6.07, 6.45) is 10.5. The molecule has 3 rings (SSSR count). The van der Waals surface area contributed by atoms with Gasteiger partial charge in [-0.1, -0.05) is 12.8 Å². The van der Waals surface area contributed by atoms with E-state index in [0.717, 1.165) is 5.82 Å². The van der Waals surface area contributed by atoms with Crippen LogP contribution in [0.3, 0.4) is 0 Å². The second-order valence-corrected chi connectivity index (χ2v) is 7.09. The third kappa shape index (κ3) is 4.21. The lowest BCUT2D eigenvalue weighted by Crippen LogP contribution is -2.48. The van der Waals surface area contributed by atoms with E-state index >= 15 is 0 Å². The van der Waals surface area contributed by atoms with E-state index in [0.29, 0.717) is 32.1 Å². The van der Waals surface area contributed by atoms with Crippen LogP contribution in [0, 0.1) is 0 Å². The van der Waals surface area contributed by atoms with E-state index in [2.05, 4.69) is 20.2 Å². The predicted molar refractivity (Wildman–Crippen MR) is 91.7 cm³/mol. The zero-order valence-electron chi connectivity index (χ0n) is 14.3. The van der Waals surface area contributed by atoms with E-state index < -0.39 is 5.60 Å². The van der Waals surface area contributed by atoms with Gasteiger partial charge in [-0.05, 0) is 26.3 Å². The maximum absolute atomic E-state index is 12.2. The molecule has 2 fully saturated rings. The van der Waals surface area contributed by atoms with Gasteiger partial charge in [0.15, 0.2) is 0 Å². The number of hydrogen-bond donors (Lipinski definition) is 2. The molecule has 0 aromatic carbocycles. The number of aromatic nitrogens is 2. The fourth-order valence-corrected chi connectivity index (χ4v) is 3.67. The molecule has 2 heterocycles. The summed E-state index contributed by atoms with van der Waals surface area (Å²) in [5, 5.41) is 13.6. The summed E-state index contributed by atoms with van der Waals surface area (Å²) in [7, 11) is 2.01. The maximum atomic E-state index is 12.2. The van der Waals surface area contributed by atoms with E-state index in [1.54, 1.807) is 18.6 Å². The summed E-state index contributed by atoms with van der Waals surface area (Å²) < 4.78 is 0. The first-order chi connectivity index (χ1) is 11.6. The molecule has 2 N–H and O–H groups in total. The van der Waals surface area contributed by atoms with Gasteiger partial charge in [0.1, 0.15) is 11.4 Å². The molecule has 0 radical (unpaired) electrons. The topological polar surface area (TPSA) is 81.6 Å². The number of nitrogens with zero attached hydrogens (tertiary/aromatic N) is 4. The monoisotopic (exact) mass is 333 g/mol. The van der Waals surface area contributed by atoms with Crippen molar-refractivity contribution in [1.29, 1.82) is 0 Å². The Balaban J connectivity index is 1.45. The molecule has 1 aliphatic heterocycles. The first-order valence-electron chi connectivity index (χ1n) is 8.76. The van der Waals surface area contributed by atoms with Crippen LogP contribution in [0.1, 0.15) is 32.1 Å². The Labute approximate surface area is 143 Å². The summed E-state index contributed by atoms with van der Waals surface area (Å²) in [6, 6.07) is 0.525. The summed E-state index contributed by atoms with van der Waals surface area (Å²) in [4.78, 5) is 24.6. The highest BCUT2D eigenvalue weighted by molar-refractivity contribution is 5.78. The zero-order chi connectivity index (χ0) is 17.0. The Morgan fingerprint density at radius 2 is 2.25 bits per heavy atom. The van der Waals surface area contributed by atoms with E-state index in [1.807, 2.05) is 11.9 Å². The quantitative estimate of drug-likeness (QED) is 0.785. The Morgan fingerprint density at radius 1 is 1.46 bits per heavy atom. The minimum absolute atomic E-state index is 0.0178. The van der Waals surface area contributed by atoms with Crippen molar-refractivity contribution in [3.8, 4) is 0 Å². The van der Waals surface area contributed by atoms with Crippen LogP contribution in [0.15, 0.2) is 18.6 Å². The van der Waals surface area contributed by atoms with Crippen LogP contribution in [0.5, 0.6) is 0 Å². The highest BCUT2D eigenvalue weighted by atomic mass is 16.3. The normalized spacial score (nSPS) is 24.7. The number of likely N-dealkylation sites (N-methyl/N-ethyl adjacent to an activating group) is 1. The summed E-state index contributed by atoms with van der Waals surface area (Å²) >= 11 is 0. The van der Waals surface area contributed by atoms with Gasteiger partial charge in [-0.25, -0.2) is 4.98 Å². The molecule has 0 spiro atoms. The average molecular weight is 333 g/mol. The van der Waals surface area contributed by atoms with Crippen molar-refractivity contribution in [1.82, 2.24) is 20.2 Å². The molecule has 1 aliphatic carbocycles. The van der Waals surface area contributed by atoms with Crippen molar-refractivity contribution in [2.45, 2.75) is 43.7 Å². The first-order valence-corrected chi connectivity index (χ1v) is 8.76. The van der Waals surface area contributed by atoms with E-state index in [-0.39, 0.29) is 12.5 Å². The van der Waals surface area contributed by atoms with Crippen molar-refractivity contribution < 1.29 is 9.90 Å².